The molecule has 4 heteroatoms. The lowest BCUT2D eigenvalue weighted by Crippen LogP contribution is -2.42. The van der Waals surface area contributed by atoms with E-state index >= 15 is 0 Å². The van der Waals surface area contributed by atoms with Crippen LogP contribution in [-0.4, -0.2) is 23.3 Å². The highest BCUT2D eigenvalue weighted by Crippen LogP contribution is 2.43. The lowest BCUT2D eigenvalue weighted by molar-refractivity contribution is -0.135. The lowest BCUT2D eigenvalue weighted by Gasteiger charge is -2.23. The number of hydrogen-bond donors (Lipinski definition) is 1. The van der Waals surface area contributed by atoms with Crippen LogP contribution in [0.15, 0.2) is 42.5 Å². The number of benzene rings is 2. The van der Waals surface area contributed by atoms with Crippen LogP contribution in [0.5, 0.6) is 0 Å². The molecule has 2 aromatic carbocycles. The molecule has 1 amide bonds. The first-order valence-corrected chi connectivity index (χ1v) is 9.57. The van der Waals surface area contributed by atoms with Gasteiger partial charge in [-0.25, -0.2) is 0 Å². The quantitative estimate of drug-likeness (QED) is 0.775. The van der Waals surface area contributed by atoms with Gasteiger partial charge in [0, 0.05) is 17.7 Å². The molecule has 1 unspecified atom stereocenters. The average molecular weight is 365 g/mol. The summed E-state index contributed by atoms with van der Waals surface area (Å²) >= 11 is 0. The summed E-state index contributed by atoms with van der Waals surface area (Å²) in [5.74, 6) is -0.315. The second-order valence-electron chi connectivity index (χ2n) is 7.66. The van der Waals surface area contributed by atoms with Gasteiger partial charge in [-0.3, -0.25) is 9.59 Å². The molecular weight excluding hydrogens is 338 g/mol. The molecule has 1 aliphatic rings. The van der Waals surface area contributed by atoms with Gasteiger partial charge in [-0.15, -0.1) is 0 Å². The summed E-state index contributed by atoms with van der Waals surface area (Å²) in [6.45, 7) is 8.54. The van der Waals surface area contributed by atoms with E-state index in [2.05, 4.69) is 13.8 Å². The number of carbonyl (C=O) groups is 2. The third kappa shape index (κ3) is 3.30. The number of hydrogen-bond acceptors (Lipinski definition) is 3. The maximum absolute atomic E-state index is 13.1. The van der Waals surface area contributed by atoms with Gasteiger partial charge in [0.25, 0.3) is 5.91 Å². The summed E-state index contributed by atoms with van der Waals surface area (Å²) in [4.78, 5) is 27.7. The van der Waals surface area contributed by atoms with Gasteiger partial charge in [0.2, 0.25) is 0 Å². The fourth-order valence-electron chi connectivity index (χ4n) is 3.75. The van der Waals surface area contributed by atoms with E-state index in [0.29, 0.717) is 29.3 Å². The van der Waals surface area contributed by atoms with Crippen LogP contribution < -0.4 is 4.90 Å². The molecule has 3 rings (SSSR count). The summed E-state index contributed by atoms with van der Waals surface area (Å²) < 4.78 is 0. The lowest BCUT2D eigenvalue weighted by atomic mass is 9.86. The highest BCUT2D eigenvalue weighted by atomic mass is 16.3. The predicted octanol–water partition coefficient (Wildman–Crippen LogP) is 4.34. The molecule has 1 atom stereocenters. The van der Waals surface area contributed by atoms with E-state index in [9.17, 15) is 14.7 Å². The van der Waals surface area contributed by atoms with Crippen LogP contribution in [0, 0.1) is 6.92 Å². The molecule has 0 saturated carbocycles. The second kappa shape index (κ2) is 7.28. The van der Waals surface area contributed by atoms with Crippen molar-refractivity contribution in [3.05, 3.63) is 64.7 Å². The Bertz CT molecular complexity index is 887. The molecule has 2 aromatic rings. The minimum absolute atomic E-state index is 0.209. The Kier molecular flexibility index (Phi) is 5.20. The number of Topliss-reactive ketones (excluding diaryl/α,β-unsaturated/α-hetero) is 1. The van der Waals surface area contributed by atoms with Crippen molar-refractivity contribution in [2.45, 2.75) is 52.1 Å². The van der Waals surface area contributed by atoms with Gasteiger partial charge in [-0.1, -0.05) is 51.1 Å². The Balaban J connectivity index is 1.98. The van der Waals surface area contributed by atoms with E-state index < -0.39 is 11.5 Å². The predicted molar refractivity (Wildman–Crippen MR) is 107 cm³/mol. The van der Waals surface area contributed by atoms with Crippen LogP contribution >= 0.6 is 0 Å². The highest BCUT2D eigenvalue weighted by molar-refractivity contribution is 6.11. The van der Waals surface area contributed by atoms with Crippen molar-refractivity contribution in [2.75, 3.05) is 11.4 Å². The van der Waals surface area contributed by atoms with Gasteiger partial charge in [-0.2, -0.15) is 0 Å². The van der Waals surface area contributed by atoms with Crippen molar-refractivity contribution in [1.82, 2.24) is 0 Å². The Labute approximate surface area is 160 Å². The van der Waals surface area contributed by atoms with Crippen LogP contribution in [0.4, 0.5) is 5.69 Å². The third-order valence-electron chi connectivity index (χ3n) is 5.33. The van der Waals surface area contributed by atoms with Crippen molar-refractivity contribution >= 4 is 17.4 Å². The molecule has 27 heavy (non-hydrogen) atoms. The van der Waals surface area contributed by atoms with Gasteiger partial charge in [0.1, 0.15) is 0 Å². The molecule has 0 saturated heterocycles. The van der Waals surface area contributed by atoms with Crippen LogP contribution in [0.3, 0.4) is 0 Å². The fourth-order valence-corrected chi connectivity index (χ4v) is 3.75. The molecule has 1 heterocycles. The van der Waals surface area contributed by atoms with Crippen molar-refractivity contribution in [1.29, 1.82) is 0 Å². The number of carbonyl (C=O) groups excluding carboxylic acids is 2. The largest absolute Gasteiger partial charge is 0.375 e. The molecule has 142 valence electrons. The number of anilines is 1. The Morgan fingerprint density at radius 1 is 1.19 bits per heavy atom. The van der Waals surface area contributed by atoms with Crippen LogP contribution in [-0.2, 0) is 10.4 Å². The Morgan fingerprint density at radius 3 is 2.56 bits per heavy atom. The third-order valence-corrected chi connectivity index (χ3v) is 5.33. The molecule has 0 spiro atoms. The normalized spacial score (nSPS) is 18.9. The van der Waals surface area contributed by atoms with Crippen molar-refractivity contribution < 1.29 is 14.7 Å². The number of para-hydroxylation sites is 1. The van der Waals surface area contributed by atoms with E-state index in [1.165, 1.54) is 0 Å². The number of aliphatic hydroxyl groups is 1. The smallest absolute Gasteiger partial charge is 0.264 e. The number of nitrogens with zero attached hydrogens (tertiary/aromatic N) is 1. The van der Waals surface area contributed by atoms with Gasteiger partial charge in [0.15, 0.2) is 11.4 Å². The van der Waals surface area contributed by atoms with E-state index in [1.54, 1.807) is 17.0 Å². The molecule has 0 aliphatic carbocycles. The second-order valence-corrected chi connectivity index (χ2v) is 7.66. The van der Waals surface area contributed by atoms with Crippen LogP contribution in [0.2, 0.25) is 0 Å². The number of ketones is 1. The zero-order chi connectivity index (χ0) is 19.8. The summed E-state index contributed by atoms with van der Waals surface area (Å²) in [7, 11) is 0. The Hall–Kier alpha value is -2.46. The first-order valence-electron chi connectivity index (χ1n) is 9.57. The molecule has 1 aliphatic heterocycles. The van der Waals surface area contributed by atoms with Crippen LogP contribution in [0.1, 0.15) is 66.6 Å². The number of aryl methyl sites for hydroxylation is 1. The minimum Gasteiger partial charge on any atom is -0.375 e. The molecular formula is C23H27NO3. The zero-order valence-corrected chi connectivity index (χ0v) is 16.5. The van der Waals surface area contributed by atoms with Gasteiger partial charge >= 0.3 is 0 Å². The van der Waals surface area contributed by atoms with E-state index in [1.807, 2.05) is 44.2 Å². The summed E-state index contributed by atoms with van der Waals surface area (Å²) in [6, 6.07) is 13.1. The number of fused-ring (bicyclic) bond motifs is 1. The first-order chi connectivity index (χ1) is 12.8. The standard InChI is InChI=1S/C23H27NO3/c1-5-12-24-20-9-7-6-8-19(20)23(27,22(24)26)14-21(25)18-13-17(15(2)3)11-10-16(18)4/h6-11,13,15,27H,5,12,14H2,1-4H3. The maximum atomic E-state index is 13.1. The Morgan fingerprint density at radius 2 is 1.89 bits per heavy atom. The number of rotatable bonds is 6. The summed E-state index contributed by atoms with van der Waals surface area (Å²) in [6.07, 6.45) is 0.533. The first kappa shape index (κ1) is 19.3. The highest BCUT2D eigenvalue weighted by Gasteiger charge is 2.50. The summed E-state index contributed by atoms with van der Waals surface area (Å²) in [5, 5.41) is 11.3. The van der Waals surface area contributed by atoms with Crippen molar-refractivity contribution in [3.8, 4) is 0 Å². The molecule has 0 radical (unpaired) electrons. The fraction of sp³-hybridized carbons (Fsp3) is 0.391. The zero-order valence-electron chi connectivity index (χ0n) is 16.5. The average Bonchev–Trinajstić information content (AvgIpc) is 2.84. The topological polar surface area (TPSA) is 57.6 Å². The maximum Gasteiger partial charge on any atom is 0.264 e. The molecule has 0 bridgehead atoms. The van der Waals surface area contributed by atoms with Gasteiger partial charge in [-0.05, 0) is 42.5 Å². The van der Waals surface area contributed by atoms with E-state index in [0.717, 1.165) is 17.5 Å². The number of amides is 1. The van der Waals surface area contributed by atoms with Crippen molar-refractivity contribution in [3.63, 3.8) is 0 Å². The molecule has 1 N–H and O–H groups in total. The summed E-state index contributed by atoms with van der Waals surface area (Å²) in [5.41, 5.74) is 1.93. The molecule has 0 aromatic heterocycles. The minimum atomic E-state index is -1.80. The van der Waals surface area contributed by atoms with E-state index in [4.69, 9.17) is 0 Å². The molecule has 4 nitrogen and oxygen atoms in total. The monoisotopic (exact) mass is 365 g/mol. The SMILES string of the molecule is CCCN1C(=O)C(O)(CC(=O)c2cc(C(C)C)ccc2C)c2ccccc21. The van der Waals surface area contributed by atoms with Crippen LogP contribution in [0.25, 0.3) is 0 Å². The van der Waals surface area contributed by atoms with Gasteiger partial charge in [0.05, 0.1) is 12.1 Å². The molecule has 0 fully saturated rings. The van der Waals surface area contributed by atoms with Crippen molar-refractivity contribution in [2.24, 2.45) is 0 Å². The van der Waals surface area contributed by atoms with E-state index in [-0.39, 0.29) is 12.2 Å². The van der Waals surface area contributed by atoms with Gasteiger partial charge < -0.3 is 10.0 Å².